The zero-order valence-corrected chi connectivity index (χ0v) is 15.6. The van der Waals surface area contributed by atoms with Crippen molar-refractivity contribution >= 4 is 11.7 Å². The number of aromatic nitrogens is 4. The molecular weight excluding hydrogens is 346 g/mol. The first-order valence-corrected chi connectivity index (χ1v) is 8.42. The predicted molar refractivity (Wildman–Crippen MR) is 100 cm³/mol. The molecule has 1 N–H and O–H groups in total. The standard InChI is InChI=1S/C19H21N5O3/c1-12-5-6-15(16(9-12)26-4)27-13(2)19(25)23-17-10-18(22-11-21-17)24-8-7-20-14(24)3/h5-11,13H,1-4H3,(H,21,22,23,25). The fourth-order valence-corrected chi connectivity index (χ4v) is 2.51. The fraction of sp³-hybridized carbons (Fsp3) is 0.263. The second-order valence-corrected chi connectivity index (χ2v) is 6.01. The van der Waals surface area contributed by atoms with Crippen molar-refractivity contribution < 1.29 is 14.3 Å². The van der Waals surface area contributed by atoms with Gasteiger partial charge < -0.3 is 14.8 Å². The van der Waals surface area contributed by atoms with E-state index in [0.29, 0.717) is 23.1 Å². The molecule has 8 nitrogen and oxygen atoms in total. The van der Waals surface area contributed by atoms with Crippen LogP contribution in [0.4, 0.5) is 5.82 Å². The van der Waals surface area contributed by atoms with Gasteiger partial charge in [0.05, 0.1) is 7.11 Å². The van der Waals surface area contributed by atoms with Gasteiger partial charge in [-0.05, 0) is 38.5 Å². The maximum atomic E-state index is 12.5. The highest BCUT2D eigenvalue weighted by atomic mass is 16.5. The van der Waals surface area contributed by atoms with Crippen LogP contribution >= 0.6 is 0 Å². The van der Waals surface area contributed by atoms with Gasteiger partial charge in [-0.2, -0.15) is 0 Å². The van der Waals surface area contributed by atoms with E-state index in [4.69, 9.17) is 9.47 Å². The lowest BCUT2D eigenvalue weighted by molar-refractivity contribution is -0.122. The summed E-state index contributed by atoms with van der Waals surface area (Å²) in [6.07, 6.45) is 4.12. The first-order chi connectivity index (χ1) is 13.0. The van der Waals surface area contributed by atoms with E-state index in [0.717, 1.165) is 11.4 Å². The Morgan fingerprint density at radius 1 is 1.15 bits per heavy atom. The van der Waals surface area contributed by atoms with Gasteiger partial charge in [0.15, 0.2) is 17.6 Å². The molecule has 1 unspecified atom stereocenters. The number of benzene rings is 1. The molecule has 0 radical (unpaired) electrons. The first kappa shape index (κ1) is 18.4. The molecule has 0 aliphatic carbocycles. The number of hydrogen-bond acceptors (Lipinski definition) is 6. The Balaban J connectivity index is 1.71. The minimum absolute atomic E-state index is 0.329. The Morgan fingerprint density at radius 3 is 2.67 bits per heavy atom. The lowest BCUT2D eigenvalue weighted by Gasteiger charge is -2.17. The smallest absolute Gasteiger partial charge is 0.266 e. The van der Waals surface area contributed by atoms with Crippen LogP contribution in [0.1, 0.15) is 18.3 Å². The van der Waals surface area contributed by atoms with Crippen LogP contribution in [0, 0.1) is 13.8 Å². The summed E-state index contributed by atoms with van der Waals surface area (Å²) in [7, 11) is 1.56. The molecule has 1 atom stereocenters. The monoisotopic (exact) mass is 367 g/mol. The average molecular weight is 367 g/mol. The summed E-state index contributed by atoms with van der Waals surface area (Å²) in [5.74, 6) is 2.53. The van der Waals surface area contributed by atoms with E-state index in [-0.39, 0.29) is 5.91 Å². The molecule has 0 saturated carbocycles. The summed E-state index contributed by atoms with van der Waals surface area (Å²) in [5.41, 5.74) is 1.04. The predicted octanol–water partition coefficient (Wildman–Crippen LogP) is 2.69. The van der Waals surface area contributed by atoms with Crippen LogP contribution in [0.2, 0.25) is 0 Å². The minimum atomic E-state index is -0.741. The molecule has 1 aromatic carbocycles. The summed E-state index contributed by atoms with van der Waals surface area (Å²) >= 11 is 0. The van der Waals surface area contributed by atoms with Crippen molar-refractivity contribution in [1.82, 2.24) is 19.5 Å². The number of ether oxygens (including phenoxy) is 2. The second kappa shape index (κ2) is 7.86. The number of carbonyl (C=O) groups excluding carboxylic acids is 1. The van der Waals surface area contributed by atoms with E-state index in [1.165, 1.54) is 6.33 Å². The van der Waals surface area contributed by atoms with E-state index >= 15 is 0 Å². The lowest BCUT2D eigenvalue weighted by atomic mass is 10.2. The highest BCUT2D eigenvalue weighted by molar-refractivity contribution is 5.93. The van der Waals surface area contributed by atoms with Crippen LogP contribution in [0.5, 0.6) is 11.5 Å². The van der Waals surface area contributed by atoms with Gasteiger partial charge in [0.25, 0.3) is 5.91 Å². The fourth-order valence-electron chi connectivity index (χ4n) is 2.51. The summed E-state index contributed by atoms with van der Waals surface area (Å²) in [5, 5.41) is 2.74. The van der Waals surface area contributed by atoms with E-state index < -0.39 is 6.10 Å². The van der Waals surface area contributed by atoms with Gasteiger partial charge in [-0.25, -0.2) is 15.0 Å². The topological polar surface area (TPSA) is 91.2 Å². The van der Waals surface area contributed by atoms with Crippen molar-refractivity contribution in [3.63, 3.8) is 0 Å². The minimum Gasteiger partial charge on any atom is -0.493 e. The Morgan fingerprint density at radius 2 is 1.96 bits per heavy atom. The number of hydrogen-bond donors (Lipinski definition) is 1. The van der Waals surface area contributed by atoms with Gasteiger partial charge in [0.1, 0.15) is 23.8 Å². The lowest BCUT2D eigenvalue weighted by Crippen LogP contribution is -2.30. The van der Waals surface area contributed by atoms with Gasteiger partial charge in [0, 0.05) is 18.5 Å². The highest BCUT2D eigenvalue weighted by Crippen LogP contribution is 2.28. The van der Waals surface area contributed by atoms with Crippen LogP contribution in [0.15, 0.2) is 43.0 Å². The zero-order chi connectivity index (χ0) is 19.4. The molecule has 0 saturated heterocycles. The van der Waals surface area contributed by atoms with Crippen molar-refractivity contribution in [2.45, 2.75) is 26.9 Å². The number of nitrogens with zero attached hydrogens (tertiary/aromatic N) is 4. The molecule has 27 heavy (non-hydrogen) atoms. The average Bonchev–Trinajstić information content (AvgIpc) is 3.09. The van der Waals surface area contributed by atoms with Gasteiger partial charge >= 0.3 is 0 Å². The molecule has 140 valence electrons. The van der Waals surface area contributed by atoms with Gasteiger partial charge in [-0.1, -0.05) is 6.07 Å². The van der Waals surface area contributed by atoms with Crippen LogP contribution in [-0.4, -0.2) is 38.6 Å². The molecule has 3 rings (SSSR count). The highest BCUT2D eigenvalue weighted by Gasteiger charge is 2.18. The molecule has 0 aliphatic rings. The van der Waals surface area contributed by atoms with Gasteiger partial charge in [-0.15, -0.1) is 0 Å². The molecular formula is C19H21N5O3. The zero-order valence-electron chi connectivity index (χ0n) is 15.6. The van der Waals surface area contributed by atoms with Crippen molar-refractivity contribution in [2.24, 2.45) is 0 Å². The van der Waals surface area contributed by atoms with Crippen molar-refractivity contribution in [3.8, 4) is 17.3 Å². The molecule has 2 aromatic heterocycles. The third-order valence-electron chi connectivity index (χ3n) is 3.97. The van der Waals surface area contributed by atoms with E-state index in [2.05, 4.69) is 20.3 Å². The SMILES string of the molecule is COc1cc(C)ccc1OC(C)C(=O)Nc1cc(-n2ccnc2C)ncn1. The third-order valence-corrected chi connectivity index (χ3v) is 3.97. The second-order valence-electron chi connectivity index (χ2n) is 6.01. The molecule has 0 bridgehead atoms. The van der Waals surface area contributed by atoms with E-state index in [1.807, 2.05) is 26.0 Å². The summed E-state index contributed by atoms with van der Waals surface area (Å²) < 4.78 is 12.9. The van der Waals surface area contributed by atoms with E-state index in [1.54, 1.807) is 43.1 Å². The maximum absolute atomic E-state index is 12.5. The normalized spacial score (nSPS) is 11.7. The molecule has 8 heteroatoms. The van der Waals surface area contributed by atoms with Crippen LogP contribution in [0.3, 0.4) is 0 Å². The van der Waals surface area contributed by atoms with E-state index in [9.17, 15) is 4.79 Å². The Labute approximate surface area is 157 Å². The number of rotatable bonds is 6. The summed E-state index contributed by atoms with van der Waals surface area (Å²) in [4.78, 5) is 25.0. The van der Waals surface area contributed by atoms with Crippen LogP contribution in [0.25, 0.3) is 5.82 Å². The third kappa shape index (κ3) is 4.22. The van der Waals surface area contributed by atoms with Crippen molar-refractivity contribution in [2.75, 3.05) is 12.4 Å². The number of carbonyl (C=O) groups is 1. The Hall–Kier alpha value is -3.42. The summed E-state index contributed by atoms with van der Waals surface area (Å²) in [6.45, 7) is 5.49. The first-order valence-electron chi connectivity index (χ1n) is 8.42. The Kier molecular flexibility index (Phi) is 5.35. The maximum Gasteiger partial charge on any atom is 0.266 e. The molecule has 0 aliphatic heterocycles. The quantitative estimate of drug-likeness (QED) is 0.720. The number of anilines is 1. The van der Waals surface area contributed by atoms with Crippen LogP contribution < -0.4 is 14.8 Å². The number of imidazole rings is 1. The molecule has 0 fully saturated rings. The van der Waals surface area contributed by atoms with Gasteiger partial charge in [-0.3, -0.25) is 9.36 Å². The van der Waals surface area contributed by atoms with Crippen molar-refractivity contribution in [1.29, 1.82) is 0 Å². The molecule has 2 heterocycles. The number of aryl methyl sites for hydroxylation is 2. The molecule has 3 aromatic rings. The molecule has 1 amide bonds. The number of amides is 1. The van der Waals surface area contributed by atoms with Gasteiger partial charge in [0.2, 0.25) is 0 Å². The van der Waals surface area contributed by atoms with Crippen molar-refractivity contribution in [3.05, 3.63) is 54.4 Å². The summed E-state index contributed by atoms with van der Waals surface area (Å²) in [6, 6.07) is 7.20. The molecule has 0 spiro atoms. The largest absolute Gasteiger partial charge is 0.493 e. The Bertz CT molecular complexity index is 954. The van der Waals surface area contributed by atoms with Crippen LogP contribution in [-0.2, 0) is 4.79 Å². The number of methoxy groups -OCH3 is 1. The number of nitrogens with one attached hydrogen (secondary N) is 1.